The first-order chi connectivity index (χ1) is 6.16. The van der Waals surface area contributed by atoms with Crippen molar-refractivity contribution in [2.24, 2.45) is 5.73 Å². The fraction of sp³-hybridized carbons (Fsp3) is 0.444. The Morgan fingerprint density at radius 3 is 2.77 bits per heavy atom. The van der Waals surface area contributed by atoms with E-state index in [9.17, 15) is 0 Å². The highest BCUT2D eigenvalue weighted by Crippen LogP contribution is 2.28. The number of aliphatic hydroxyl groups is 1. The maximum atomic E-state index is 9.16. The van der Waals surface area contributed by atoms with E-state index >= 15 is 0 Å². The van der Waals surface area contributed by atoms with Crippen molar-refractivity contribution in [3.05, 3.63) is 21.9 Å². The fourth-order valence-electron chi connectivity index (χ4n) is 0.965. The smallest absolute Gasteiger partial charge is 0.110 e. The summed E-state index contributed by atoms with van der Waals surface area (Å²) in [6.45, 7) is 2.28. The topological polar surface area (TPSA) is 70.0 Å². The molecule has 3 N–H and O–H groups in total. The molecule has 1 unspecified atom stereocenters. The summed E-state index contributed by atoms with van der Waals surface area (Å²) in [4.78, 5) is 1.62. The Hall–Kier alpha value is -0.890. The number of hydrogen-bond acceptors (Lipinski definition) is 4. The molecule has 1 aromatic heterocycles. The predicted octanol–water partition coefficient (Wildman–Crippen LogP) is 0.828. The van der Waals surface area contributed by atoms with Gasteiger partial charge < -0.3 is 10.8 Å². The van der Waals surface area contributed by atoms with E-state index in [0.29, 0.717) is 11.4 Å². The third-order valence-corrected chi connectivity index (χ3v) is 3.41. The Bertz CT molecular complexity index is 323. The molecule has 3 nitrogen and oxygen atoms in total. The molecule has 0 aliphatic rings. The molecule has 0 amide bonds. The van der Waals surface area contributed by atoms with E-state index in [2.05, 4.69) is 6.07 Å². The van der Waals surface area contributed by atoms with Gasteiger partial charge in [-0.05, 0) is 12.1 Å². The Morgan fingerprint density at radius 1 is 1.69 bits per heavy atom. The SMILES string of the molecule is CC(CN)(CO)c1ccc(C#N)s1. The summed E-state index contributed by atoms with van der Waals surface area (Å²) in [6.07, 6.45) is 0. The summed E-state index contributed by atoms with van der Waals surface area (Å²) in [5.41, 5.74) is 5.16. The van der Waals surface area contributed by atoms with E-state index in [-0.39, 0.29) is 6.61 Å². The molecule has 0 spiro atoms. The van der Waals surface area contributed by atoms with Crippen LogP contribution >= 0.6 is 11.3 Å². The Balaban J connectivity index is 3.00. The van der Waals surface area contributed by atoms with Crippen molar-refractivity contribution in [1.29, 1.82) is 5.26 Å². The van der Waals surface area contributed by atoms with Crippen molar-refractivity contribution in [2.45, 2.75) is 12.3 Å². The quantitative estimate of drug-likeness (QED) is 0.752. The van der Waals surface area contributed by atoms with Gasteiger partial charge in [0.25, 0.3) is 0 Å². The van der Waals surface area contributed by atoms with Crippen molar-refractivity contribution >= 4 is 11.3 Å². The summed E-state index contributed by atoms with van der Waals surface area (Å²) < 4.78 is 0. The number of nitrogens with zero attached hydrogens (tertiary/aromatic N) is 1. The van der Waals surface area contributed by atoms with Gasteiger partial charge in [0, 0.05) is 16.8 Å². The number of rotatable bonds is 3. The zero-order valence-corrected chi connectivity index (χ0v) is 8.27. The van der Waals surface area contributed by atoms with Gasteiger partial charge in [-0.3, -0.25) is 0 Å². The number of thiophene rings is 1. The van der Waals surface area contributed by atoms with Crippen molar-refractivity contribution in [3.8, 4) is 6.07 Å². The summed E-state index contributed by atoms with van der Waals surface area (Å²) >= 11 is 1.39. The van der Waals surface area contributed by atoms with E-state index in [1.165, 1.54) is 11.3 Å². The van der Waals surface area contributed by atoms with Gasteiger partial charge in [-0.15, -0.1) is 11.3 Å². The monoisotopic (exact) mass is 196 g/mol. The summed E-state index contributed by atoms with van der Waals surface area (Å²) in [5.74, 6) is 0. The van der Waals surface area contributed by atoms with Gasteiger partial charge in [-0.2, -0.15) is 5.26 Å². The van der Waals surface area contributed by atoms with Gasteiger partial charge in [-0.25, -0.2) is 0 Å². The lowest BCUT2D eigenvalue weighted by molar-refractivity contribution is 0.213. The number of hydrogen-bond donors (Lipinski definition) is 2. The van der Waals surface area contributed by atoms with Gasteiger partial charge in [0.15, 0.2) is 0 Å². The molecule has 0 aliphatic heterocycles. The average molecular weight is 196 g/mol. The summed E-state index contributed by atoms with van der Waals surface area (Å²) in [5, 5.41) is 17.8. The molecule has 0 radical (unpaired) electrons. The van der Waals surface area contributed by atoms with Crippen LogP contribution in [0.1, 0.15) is 16.7 Å². The first kappa shape index (κ1) is 10.2. The Kier molecular flexibility index (Phi) is 3.04. The summed E-state index contributed by atoms with van der Waals surface area (Å²) in [6, 6.07) is 5.67. The highest BCUT2D eigenvalue weighted by molar-refractivity contribution is 7.12. The van der Waals surface area contributed by atoms with Gasteiger partial charge >= 0.3 is 0 Å². The normalized spacial score (nSPS) is 14.9. The molecular formula is C9H12N2OS. The van der Waals surface area contributed by atoms with Crippen LogP contribution in [0.25, 0.3) is 0 Å². The second-order valence-electron chi connectivity index (χ2n) is 3.20. The minimum Gasteiger partial charge on any atom is -0.395 e. The molecule has 13 heavy (non-hydrogen) atoms. The first-order valence-corrected chi connectivity index (χ1v) is 4.79. The Morgan fingerprint density at radius 2 is 2.38 bits per heavy atom. The van der Waals surface area contributed by atoms with Crippen LogP contribution in [0, 0.1) is 11.3 Å². The molecule has 0 fully saturated rings. The molecule has 0 bridgehead atoms. The number of aliphatic hydroxyl groups excluding tert-OH is 1. The van der Waals surface area contributed by atoms with Gasteiger partial charge in [-0.1, -0.05) is 6.92 Å². The van der Waals surface area contributed by atoms with Crippen LogP contribution in [-0.4, -0.2) is 18.3 Å². The predicted molar refractivity (Wildman–Crippen MR) is 52.5 cm³/mol. The molecular weight excluding hydrogens is 184 g/mol. The van der Waals surface area contributed by atoms with Crippen LogP contribution in [0.4, 0.5) is 0 Å². The standard InChI is InChI=1S/C9H12N2OS/c1-9(5-11,6-12)8-3-2-7(4-10)13-8/h2-3,12H,5-6,11H2,1H3. The third-order valence-electron chi connectivity index (χ3n) is 2.11. The van der Waals surface area contributed by atoms with Gasteiger partial charge in [0.05, 0.1) is 6.61 Å². The van der Waals surface area contributed by atoms with Crippen LogP contribution in [0.15, 0.2) is 12.1 Å². The number of nitrogens with two attached hydrogens (primary N) is 1. The van der Waals surface area contributed by atoms with E-state index in [0.717, 1.165) is 4.88 Å². The lowest BCUT2D eigenvalue weighted by atomic mass is 9.90. The molecule has 0 aromatic carbocycles. The third kappa shape index (κ3) is 1.89. The van der Waals surface area contributed by atoms with Crippen LogP contribution < -0.4 is 5.73 Å². The highest BCUT2D eigenvalue weighted by atomic mass is 32.1. The van der Waals surface area contributed by atoms with Crippen LogP contribution in [-0.2, 0) is 5.41 Å². The first-order valence-electron chi connectivity index (χ1n) is 3.97. The van der Waals surface area contributed by atoms with Crippen LogP contribution in [0.2, 0.25) is 0 Å². The van der Waals surface area contributed by atoms with Crippen LogP contribution in [0.5, 0.6) is 0 Å². The van der Waals surface area contributed by atoms with E-state index in [1.807, 2.05) is 13.0 Å². The number of nitriles is 1. The minimum absolute atomic E-state index is 0.00881. The summed E-state index contributed by atoms with van der Waals surface area (Å²) in [7, 11) is 0. The fourth-order valence-corrected chi connectivity index (χ4v) is 1.91. The lowest BCUT2D eigenvalue weighted by Gasteiger charge is -2.23. The second-order valence-corrected chi connectivity index (χ2v) is 4.28. The second kappa shape index (κ2) is 3.88. The van der Waals surface area contributed by atoms with E-state index < -0.39 is 5.41 Å². The molecule has 1 rings (SSSR count). The van der Waals surface area contributed by atoms with Gasteiger partial charge in [0.1, 0.15) is 10.9 Å². The lowest BCUT2D eigenvalue weighted by Crippen LogP contribution is -2.34. The molecule has 1 aromatic rings. The minimum atomic E-state index is -0.403. The average Bonchev–Trinajstić information content (AvgIpc) is 2.65. The molecule has 0 aliphatic carbocycles. The maximum Gasteiger partial charge on any atom is 0.110 e. The maximum absolute atomic E-state index is 9.16. The zero-order valence-electron chi connectivity index (χ0n) is 7.45. The largest absolute Gasteiger partial charge is 0.395 e. The van der Waals surface area contributed by atoms with E-state index in [1.54, 1.807) is 6.07 Å². The highest BCUT2D eigenvalue weighted by Gasteiger charge is 2.25. The molecule has 0 saturated carbocycles. The molecule has 1 heterocycles. The van der Waals surface area contributed by atoms with Gasteiger partial charge in [0.2, 0.25) is 0 Å². The molecule has 70 valence electrons. The van der Waals surface area contributed by atoms with Crippen molar-refractivity contribution in [2.75, 3.05) is 13.2 Å². The Labute approximate surface area is 81.4 Å². The van der Waals surface area contributed by atoms with Crippen molar-refractivity contribution in [1.82, 2.24) is 0 Å². The molecule has 4 heteroatoms. The molecule has 0 saturated heterocycles. The van der Waals surface area contributed by atoms with Crippen LogP contribution in [0.3, 0.4) is 0 Å². The molecule has 1 atom stereocenters. The van der Waals surface area contributed by atoms with E-state index in [4.69, 9.17) is 16.1 Å². The zero-order chi connectivity index (χ0) is 9.90. The van der Waals surface area contributed by atoms with Crippen molar-refractivity contribution in [3.63, 3.8) is 0 Å². The van der Waals surface area contributed by atoms with Crippen molar-refractivity contribution < 1.29 is 5.11 Å².